The monoisotopic (exact) mass is 470 g/mol. The zero-order chi connectivity index (χ0) is 24.0. The lowest BCUT2D eigenvalue weighted by Gasteiger charge is -2.61. The van der Waals surface area contributed by atoms with Crippen LogP contribution in [0.25, 0.3) is 0 Å². The van der Waals surface area contributed by atoms with Crippen molar-refractivity contribution in [3.05, 3.63) is 0 Å². The standard InChI is InChI=1S/C22H31F5O5/c1-4-18(2,3)17(29)32-20-10-14-7-15(11-20)9-19(8-14,13-20)31-6-5-30-16(28)12-21(23,24)22(25,26)27/h14-15H,4-13H2,1-3H3. The Hall–Kier alpha value is -1.45. The summed E-state index contributed by atoms with van der Waals surface area (Å²) in [6.45, 7) is 5.09. The summed E-state index contributed by atoms with van der Waals surface area (Å²) < 4.78 is 79.2. The topological polar surface area (TPSA) is 61.8 Å². The van der Waals surface area contributed by atoms with E-state index in [0.717, 1.165) is 32.1 Å². The van der Waals surface area contributed by atoms with Gasteiger partial charge in [-0.1, -0.05) is 6.92 Å². The van der Waals surface area contributed by atoms with E-state index in [1.165, 1.54) is 0 Å². The minimum Gasteiger partial charge on any atom is -0.463 e. The lowest BCUT2D eigenvalue weighted by molar-refractivity contribution is -0.284. The van der Waals surface area contributed by atoms with Crippen molar-refractivity contribution in [1.82, 2.24) is 0 Å². The fourth-order valence-electron chi connectivity index (χ4n) is 5.61. The largest absolute Gasteiger partial charge is 0.463 e. The number of hydrogen-bond donors (Lipinski definition) is 0. The molecule has 10 heteroatoms. The van der Waals surface area contributed by atoms with Gasteiger partial charge in [0.05, 0.1) is 17.6 Å². The highest BCUT2D eigenvalue weighted by Crippen LogP contribution is 2.60. The van der Waals surface area contributed by atoms with Crippen LogP contribution in [0.2, 0.25) is 0 Å². The molecule has 0 saturated heterocycles. The lowest BCUT2D eigenvalue weighted by atomic mass is 9.52. The van der Waals surface area contributed by atoms with Crippen molar-refractivity contribution >= 4 is 11.9 Å². The van der Waals surface area contributed by atoms with Gasteiger partial charge in [0, 0.05) is 6.42 Å². The molecule has 4 rings (SSSR count). The first-order valence-electron chi connectivity index (χ1n) is 11.1. The second-order valence-corrected chi connectivity index (χ2v) is 10.4. The predicted octanol–water partition coefficient (Wildman–Crippen LogP) is 5.20. The molecule has 4 fully saturated rings. The molecule has 184 valence electrons. The predicted molar refractivity (Wildman–Crippen MR) is 103 cm³/mol. The number of carbonyl (C=O) groups is 2. The maximum Gasteiger partial charge on any atom is 0.453 e. The Kier molecular flexibility index (Phi) is 6.61. The van der Waals surface area contributed by atoms with Gasteiger partial charge < -0.3 is 14.2 Å². The Morgan fingerprint density at radius 1 is 0.938 bits per heavy atom. The Morgan fingerprint density at radius 2 is 1.50 bits per heavy atom. The van der Waals surface area contributed by atoms with Gasteiger partial charge in [-0.25, -0.2) is 0 Å². The summed E-state index contributed by atoms with van der Waals surface area (Å²) >= 11 is 0. The first-order chi connectivity index (χ1) is 14.6. The van der Waals surface area contributed by atoms with E-state index in [9.17, 15) is 31.5 Å². The van der Waals surface area contributed by atoms with Crippen LogP contribution in [0.3, 0.4) is 0 Å². The fraction of sp³-hybridized carbons (Fsp3) is 0.909. The van der Waals surface area contributed by atoms with Crippen molar-refractivity contribution in [2.45, 2.75) is 95.4 Å². The Labute approximate surface area is 184 Å². The van der Waals surface area contributed by atoms with Crippen molar-refractivity contribution in [1.29, 1.82) is 0 Å². The molecule has 0 spiro atoms. The summed E-state index contributed by atoms with van der Waals surface area (Å²) in [6.07, 6.45) is -2.59. The molecule has 0 aromatic rings. The van der Waals surface area contributed by atoms with Crippen LogP contribution in [0.1, 0.15) is 72.1 Å². The molecule has 4 saturated carbocycles. The third-order valence-electron chi connectivity index (χ3n) is 7.24. The van der Waals surface area contributed by atoms with E-state index in [1.54, 1.807) is 0 Å². The van der Waals surface area contributed by atoms with Crippen LogP contribution in [0.4, 0.5) is 22.0 Å². The van der Waals surface area contributed by atoms with Gasteiger partial charge in [-0.2, -0.15) is 22.0 Å². The molecule has 5 nitrogen and oxygen atoms in total. The number of carbonyl (C=O) groups excluding carboxylic acids is 2. The zero-order valence-corrected chi connectivity index (χ0v) is 18.7. The van der Waals surface area contributed by atoms with Crippen LogP contribution in [-0.4, -0.2) is 48.5 Å². The van der Waals surface area contributed by atoms with Crippen LogP contribution in [0.15, 0.2) is 0 Å². The van der Waals surface area contributed by atoms with Crippen molar-refractivity contribution < 1.29 is 45.8 Å². The van der Waals surface area contributed by atoms with Gasteiger partial charge in [0.25, 0.3) is 0 Å². The average Bonchev–Trinajstić information content (AvgIpc) is 2.62. The van der Waals surface area contributed by atoms with Gasteiger partial charge in [-0.05, 0) is 64.2 Å². The fourth-order valence-corrected chi connectivity index (χ4v) is 5.61. The minimum atomic E-state index is -5.81. The molecular formula is C22H31F5O5. The molecule has 0 heterocycles. The zero-order valence-electron chi connectivity index (χ0n) is 18.7. The molecular weight excluding hydrogens is 439 g/mol. The second-order valence-electron chi connectivity index (χ2n) is 10.4. The van der Waals surface area contributed by atoms with Crippen LogP contribution < -0.4 is 0 Å². The number of esters is 2. The SMILES string of the molecule is CCC(C)(C)C(=O)OC12CC3CC(CC(OCCOC(=O)CC(F)(F)C(F)(F)F)(C3)C1)C2. The van der Waals surface area contributed by atoms with Gasteiger partial charge in [0.15, 0.2) is 0 Å². The van der Waals surface area contributed by atoms with Crippen LogP contribution >= 0.6 is 0 Å². The highest BCUT2D eigenvalue weighted by molar-refractivity contribution is 5.76. The van der Waals surface area contributed by atoms with Gasteiger partial charge in [-0.15, -0.1) is 0 Å². The highest BCUT2D eigenvalue weighted by atomic mass is 19.4. The molecule has 2 unspecified atom stereocenters. The summed E-state index contributed by atoms with van der Waals surface area (Å²) in [7, 11) is 0. The number of ether oxygens (including phenoxy) is 3. The highest BCUT2D eigenvalue weighted by Gasteiger charge is 2.61. The van der Waals surface area contributed by atoms with E-state index < -0.39 is 47.7 Å². The average molecular weight is 470 g/mol. The molecule has 0 amide bonds. The second kappa shape index (κ2) is 8.40. The summed E-state index contributed by atoms with van der Waals surface area (Å²) in [5.74, 6) is -6.33. The van der Waals surface area contributed by atoms with Crippen molar-refractivity contribution in [3.8, 4) is 0 Å². The molecule has 0 aliphatic heterocycles. The molecule has 4 bridgehead atoms. The summed E-state index contributed by atoms with van der Waals surface area (Å²) in [5.41, 5.74) is -1.76. The van der Waals surface area contributed by atoms with E-state index in [4.69, 9.17) is 9.47 Å². The van der Waals surface area contributed by atoms with E-state index in [1.807, 2.05) is 20.8 Å². The summed E-state index contributed by atoms with van der Waals surface area (Å²) in [6, 6.07) is 0. The van der Waals surface area contributed by atoms with Crippen LogP contribution in [0, 0.1) is 17.3 Å². The number of rotatable bonds is 9. The van der Waals surface area contributed by atoms with Crippen LogP contribution in [-0.2, 0) is 23.8 Å². The number of halogens is 5. The minimum absolute atomic E-state index is 0.118. The molecule has 4 aliphatic carbocycles. The third kappa shape index (κ3) is 5.20. The van der Waals surface area contributed by atoms with E-state index >= 15 is 0 Å². The van der Waals surface area contributed by atoms with Crippen molar-refractivity contribution in [2.24, 2.45) is 17.3 Å². The first-order valence-corrected chi connectivity index (χ1v) is 11.1. The summed E-state index contributed by atoms with van der Waals surface area (Å²) in [5, 5.41) is 0. The van der Waals surface area contributed by atoms with Gasteiger partial charge in [0.1, 0.15) is 18.6 Å². The lowest BCUT2D eigenvalue weighted by Crippen LogP contribution is -2.62. The van der Waals surface area contributed by atoms with Crippen molar-refractivity contribution in [3.63, 3.8) is 0 Å². The Bertz CT molecular complexity index is 719. The molecule has 2 atom stereocenters. The van der Waals surface area contributed by atoms with E-state index in [0.29, 0.717) is 24.7 Å². The first kappa shape index (κ1) is 25.2. The van der Waals surface area contributed by atoms with E-state index in [-0.39, 0.29) is 12.6 Å². The third-order valence-corrected chi connectivity index (χ3v) is 7.24. The maximum absolute atomic E-state index is 13.0. The molecule has 0 radical (unpaired) electrons. The quantitative estimate of drug-likeness (QED) is 0.263. The van der Waals surface area contributed by atoms with Gasteiger partial charge in [0.2, 0.25) is 0 Å². The molecule has 4 aliphatic rings. The van der Waals surface area contributed by atoms with Gasteiger partial charge in [-0.3, -0.25) is 9.59 Å². The van der Waals surface area contributed by atoms with Gasteiger partial charge >= 0.3 is 24.0 Å². The van der Waals surface area contributed by atoms with Crippen LogP contribution in [0.5, 0.6) is 0 Å². The maximum atomic E-state index is 13.0. The smallest absolute Gasteiger partial charge is 0.453 e. The summed E-state index contributed by atoms with van der Waals surface area (Å²) in [4.78, 5) is 24.2. The molecule has 0 aromatic heterocycles. The number of hydrogen-bond acceptors (Lipinski definition) is 5. The Balaban J connectivity index is 1.55. The van der Waals surface area contributed by atoms with Crippen molar-refractivity contribution in [2.75, 3.05) is 13.2 Å². The number of alkyl halides is 5. The Morgan fingerprint density at radius 3 is 2.03 bits per heavy atom. The normalized spacial score (nSPS) is 32.1. The van der Waals surface area contributed by atoms with E-state index in [2.05, 4.69) is 4.74 Å². The molecule has 0 N–H and O–H groups in total. The molecule has 0 aromatic carbocycles. The molecule has 32 heavy (non-hydrogen) atoms.